The second kappa shape index (κ2) is 12.5. The van der Waals surface area contributed by atoms with E-state index in [0.29, 0.717) is 13.0 Å². The quantitative estimate of drug-likeness (QED) is 0.292. The van der Waals surface area contributed by atoms with Crippen LogP contribution < -0.4 is 10.1 Å². The van der Waals surface area contributed by atoms with Gasteiger partial charge in [0.2, 0.25) is 0 Å². The van der Waals surface area contributed by atoms with Crippen molar-refractivity contribution in [2.75, 3.05) is 19.7 Å². The Labute approximate surface area is 183 Å². The first-order valence-electron chi connectivity index (χ1n) is 10.9. The second-order valence-electron chi connectivity index (χ2n) is 7.60. The molecule has 3 aromatic rings. The van der Waals surface area contributed by atoms with Crippen molar-refractivity contribution in [3.63, 3.8) is 0 Å². The second-order valence-corrected chi connectivity index (χ2v) is 7.60. The lowest BCUT2D eigenvalue weighted by molar-refractivity contribution is -0.137. The number of carbonyl (C=O) groups is 1. The van der Waals surface area contributed by atoms with E-state index in [2.05, 4.69) is 39.1 Å². The van der Waals surface area contributed by atoms with Crippen LogP contribution in [0.1, 0.15) is 32.1 Å². The van der Waals surface area contributed by atoms with Crippen molar-refractivity contribution in [1.82, 2.24) is 14.9 Å². The molecule has 0 amide bonds. The Bertz CT molecular complexity index is 962. The highest BCUT2D eigenvalue weighted by Gasteiger charge is 2.04. The topological polar surface area (TPSA) is 76.4 Å². The fourth-order valence-electron chi connectivity index (χ4n) is 3.46. The molecular formula is C25H31N3O3. The number of carboxylic acids is 1. The average molecular weight is 422 g/mol. The number of nitrogens with zero attached hydrogens (tertiary/aromatic N) is 2. The van der Waals surface area contributed by atoms with E-state index in [1.807, 2.05) is 36.8 Å². The molecule has 0 fully saturated rings. The van der Waals surface area contributed by atoms with Gasteiger partial charge in [0.1, 0.15) is 12.4 Å². The molecular weight excluding hydrogens is 390 g/mol. The molecule has 0 aliphatic heterocycles. The summed E-state index contributed by atoms with van der Waals surface area (Å²) >= 11 is 0. The van der Waals surface area contributed by atoms with Gasteiger partial charge in [0.15, 0.2) is 0 Å². The van der Waals surface area contributed by atoms with Crippen LogP contribution in [0, 0.1) is 0 Å². The normalized spacial score (nSPS) is 11.7. The highest BCUT2D eigenvalue weighted by Crippen LogP contribution is 2.25. The molecule has 2 aromatic carbocycles. The minimum Gasteiger partial charge on any atom is -0.489 e. The number of carboxylic acid groups (broad SMARTS) is 1. The van der Waals surface area contributed by atoms with Gasteiger partial charge in [0.05, 0.1) is 6.33 Å². The minimum absolute atomic E-state index is 0.224. The SMILES string of the molecule is O=C(O)CCCCC=C(CNCCCn1ccnc1)COc1cccc2ccccc12. The molecule has 0 aliphatic carbocycles. The molecule has 1 aromatic heterocycles. The number of ether oxygens (including phenoxy) is 1. The Hall–Kier alpha value is -3.12. The largest absolute Gasteiger partial charge is 0.489 e. The van der Waals surface area contributed by atoms with Crippen molar-refractivity contribution in [1.29, 1.82) is 0 Å². The molecule has 2 N–H and O–H groups in total. The number of imidazole rings is 1. The molecule has 164 valence electrons. The maximum absolute atomic E-state index is 10.7. The van der Waals surface area contributed by atoms with Gasteiger partial charge in [-0.3, -0.25) is 4.79 Å². The van der Waals surface area contributed by atoms with Gasteiger partial charge in [-0.1, -0.05) is 42.5 Å². The summed E-state index contributed by atoms with van der Waals surface area (Å²) in [5.41, 5.74) is 1.19. The fraction of sp³-hybridized carbons (Fsp3) is 0.360. The molecule has 0 aliphatic rings. The van der Waals surface area contributed by atoms with Gasteiger partial charge in [0.25, 0.3) is 0 Å². The van der Waals surface area contributed by atoms with Crippen molar-refractivity contribution in [3.8, 4) is 5.75 Å². The summed E-state index contributed by atoms with van der Waals surface area (Å²) in [7, 11) is 0. The van der Waals surface area contributed by atoms with Crippen LogP contribution in [0.25, 0.3) is 10.8 Å². The molecule has 0 spiro atoms. The van der Waals surface area contributed by atoms with E-state index < -0.39 is 5.97 Å². The van der Waals surface area contributed by atoms with Crippen LogP contribution in [0.15, 0.2) is 72.8 Å². The lowest BCUT2D eigenvalue weighted by atomic mass is 10.1. The lowest BCUT2D eigenvalue weighted by Crippen LogP contribution is -2.22. The standard InChI is InChI=1S/C25H31N3O3/c29-25(30)13-3-1-2-8-21(18-26-14-7-16-28-17-15-27-20-28)19-31-24-12-6-10-22-9-4-5-11-23(22)24/h4-6,8-12,15,17,20,26H,1-3,7,13-14,16,18-19H2,(H,29,30). The van der Waals surface area contributed by atoms with E-state index in [0.717, 1.165) is 55.4 Å². The van der Waals surface area contributed by atoms with Crippen LogP contribution in [0.2, 0.25) is 0 Å². The Morgan fingerprint density at radius 1 is 1.13 bits per heavy atom. The van der Waals surface area contributed by atoms with E-state index in [4.69, 9.17) is 9.84 Å². The van der Waals surface area contributed by atoms with Gasteiger partial charge in [0, 0.05) is 37.3 Å². The predicted octanol–water partition coefficient (Wildman–Crippen LogP) is 4.67. The number of aryl methyl sites for hydroxylation is 1. The van der Waals surface area contributed by atoms with Crippen molar-refractivity contribution < 1.29 is 14.6 Å². The monoisotopic (exact) mass is 421 g/mol. The molecule has 0 unspecified atom stereocenters. The van der Waals surface area contributed by atoms with Crippen LogP contribution in [0.4, 0.5) is 0 Å². The van der Waals surface area contributed by atoms with Crippen LogP contribution in [-0.2, 0) is 11.3 Å². The van der Waals surface area contributed by atoms with E-state index in [1.54, 1.807) is 6.20 Å². The van der Waals surface area contributed by atoms with Crippen LogP contribution >= 0.6 is 0 Å². The van der Waals surface area contributed by atoms with E-state index in [1.165, 1.54) is 5.57 Å². The minimum atomic E-state index is -0.733. The van der Waals surface area contributed by atoms with E-state index in [9.17, 15) is 4.79 Å². The summed E-state index contributed by atoms with van der Waals surface area (Å²) < 4.78 is 8.25. The predicted molar refractivity (Wildman–Crippen MR) is 123 cm³/mol. The first-order valence-corrected chi connectivity index (χ1v) is 10.9. The number of aliphatic carboxylic acids is 1. The number of hydrogen-bond acceptors (Lipinski definition) is 4. The first kappa shape index (κ1) is 22.6. The third kappa shape index (κ3) is 7.90. The van der Waals surface area contributed by atoms with Crippen LogP contribution in [-0.4, -0.2) is 40.3 Å². The Kier molecular flexibility index (Phi) is 9.13. The Morgan fingerprint density at radius 2 is 2.00 bits per heavy atom. The first-order chi connectivity index (χ1) is 15.2. The number of rotatable bonds is 14. The molecule has 6 heteroatoms. The van der Waals surface area contributed by atoms with E-state index in [-0.39, 0.29) is 6.42 Å². The third-order valence-corrected chi connectivity index (χ3v) is 5.12. The van der Waals surface area contributed by atoms with Gasteiger partial charge in [-0.05, 0) is 49.3 Å². The summed E-state index contributed by atoms with van der Waals surface area (Å²) in [6, 6.07) is 14.3. The smallest absolute Gasteiger partial charge is 0.303 e. The van der Waals surface area contributed by atoms with E-state index >= 15 is 0 Å². The number of aromatic nitrogens is 2. The Balaban J connectivity index is 1.51. The van der Waals surface area contributed by atoms with Gasteiger partial charge in [-0.15, -0.1) is 0 Å². The zero-order valence-electron chi connectivity index (χ0n) is 17.9. The molecule has 1 heterocycles. The van der Waals surface area contributed by atoms with Crippen LogP contribution in [0.3, 0.4) is 0 Å². The van der Waals surface area contributed by atoms with Crippen molar-refractivity contribution >= 4 is 16.7 Å². The number of unbranched alkanes of at least 4 members (excludes halogenated alkanes) is 2. The molecule has 0 saturated heterocycles. The Morgan fingerprint density at radius 3 is 2.84 bits per heavy atom. The average Bonchev–Trinajstić information content (AvgIpc) is 3.29. The maximum Gasteiger partial charge on any atom is 0.303 e. The maximum atomic E-state index is 10.7. The highest BCUT2D eigenvalue weighted by atomic mass is 16.5. The van der Waals surface area contributed by atoms with Crippen LogP contribution in [0.5, 0.6) is 5.75 Å². The van der Waals surface area contributed by atoms with Crippen molar-refractivity contribution in [2.24, 2.45) is 0 Å². The number of nitrogens with one attached hydrogen (secondary N) is 1. The molecule has 0 bridgehead atoms. The summed E-state index contributed by atoms with van der Waals surface area (Å²) in [5, 5.41) is 14.6. The van der Waals surface area contributed by atoms with Gasteiger partial charge < -0.3 is 19.7 Å². The molecule has 0 atom stereocenters. The van der Waals surface area contributed by atoms with Crippen molar-refractivity contribution in [3.05, 3.63) is 72.8 Å². The summed E-state index contributed by atoms with van der Waals surface area (Å²) in [6.45, 7) is 3.12. The zero-order valence-corrected chi connectivity index (χ0v) is 17.9. The summed E-state index contributed by atoms with van der Waals surface area (Å²) in [5.74, 6) is 0.151. The van der Waals surface area contributed by atoms with Gasteiger partial charge >= 0.3 is 5.97 Å². The van der Waals surface area contributed by atoms with Crippen molar-refractivity contribution in [2.45, 2.75) is 38.6 Å². The molecule has 0 radical (unpaired) electrons. The summed E-state index contributed by atoms with van der Waals surface area (Å²) in [4.78, 5) is 14.8. The number of fused-ring (bicyclic) bond motifs is 1. The van der Waals surface area contributed by atoms with Gasteiger partial charge in [-0.2, -0.15) is 0 Å². The molecule has 6 nitrogen and oxygen atoms in total. The molecule has 31 heavy (non-hydrogen) atoms. The molecule has 0 saturated carbocycles. The lowest BCUT2D eigenvalue weighted by Gasteiger charge is -2.13. The number of allylic oxidation sites excluding steroid dienone is 1. The third-order valence-electron chi connectivity index (χ3n) is 5.12. The number of benzene rings is 2. The fourth-order valence-corrected chi connectivity index (χ4v) is 3.46. The number of hydrogen-bond donors (Lipinski definition) is 2. The van der Waals surface area contributed by atoms with Gasteiger partial charge in [-0.25, -0.2) is 4.98 Å². The highest BCUT2D eigenvalue weighted by molar-refractivity contribution is 5.88. The zero-order chi connectivity index (χ0) is 21.7. The molecule has 3 rings (SSSR count). The summed E-state index contributed by atoms with van der Waals surface area (Å²) in [6.07, 6.45) is 11.5.